The number of hydrogen-bond acceptors (Lipinski definition) is 6. The van der Waals surface area contributed by atoms with Crippen LogP contribution in [0.2, 0.25) is 0 Å². The Morgan fingerprint density at radius 2 is 1.89 bits per heavy atom. The Hall–Kier alpha value is -4.27. The summed E-state index contributed by atoms with van der Waals surface area (Å²) < 4.78 is 11.3. The van der Waals surface area contributed by atoms with Gasteiger partial charge in [-0.15, -0.1) is 0 Å². The van der Waals surface area contributed by atoms with Crippen LogP contribution >= 0.6 is 0 Å². The van der Waals surface area contributed by atoms with Crippen molar-refractivity contribution in [3.8, 4) is 11.5 Å². The Kier molecular flexibility index (Phi) is 6.13. The van der Waals surface area contributed by atoms with E-state index in [-0.39, 0.29) is 17.8 Å². The van der Waals surface area contributed by atoms with Gasteiger partial charge in [-0.25, -0.2) is 9.59 Å². The van der Waals surface area contributed by atoms with Gasteiger partial charge < -0.3 is 29.7 Å². The molecule has 1 aliphatic rings. The van der Waals surface area contributed by atoms with Crippen LogP contribution in [0, 0.1) is 0 Å². The van der Waals surface area contributed by atoms with Gasteiger partial charge in [0.15, 0.2) is 6.10 Å². The first-order valence-corrected chi connectivity index (χ1v) is 11.9. The summed E-state index contributed by atoms with van der Waals surface area (Å²) in [6.07, 6.45) is 4.21. The molecular weight excluding hydrogens is 464 g/mol. The van der Waals surface area contributed by atoms with Crippen LogP contribution in [0.15, 0.2) is 51.8 Å². The summed E-state index contributed by atoms with van der Waals surface area (Å²) in [7, 11) is 0. The number of carbonyl (C=O) groups excluding carboxylic acids is 1. The SMILES string of the molecule is C[C@@H](Oc1ccc2c3c(c(=O)oc2c1)CCCC3)C(=O)N[C@H](Cc1c[nH]c2ccc(O)cc12)C(=O)O. The number of rotatable bonds is 7. The Morgan fingerprint density at radius 1 is 1.11 bits per heavy atom. The second-order valence-corrected chi connectivity index (χ2v) is 9.12. The Bertz CT molecular complexity index is 1530. The minimum atomic E-state index is -1.20. The molecule has 1 amide bonds. The summed E-state index contributed by atoms with van der Waals surface area (Å²) in [4.78, 5) is 40.1. The van der Waals surface area contributed by atoms with Crippen LogP contribution in [0.4, 0.5) is 0 Å². The molecule has 0 spiro atoms. The average molecular weight is 491 g/mol. The maximum absolute atomic E-state index is 12.8. The summed E-state index contributed by atoms with van der Waals surface area (Å²) in [5, 5.41) is 23.6. The highest BCUT2D eigenvalue weighted by Gasteiger charge is 2.26. The van der Waals surface area contributed by atoms with Crippen LogP contribution in [-0.4, -0.2) is 39.2 Å². The van der Waals surface area contributed by atoms with Crippen molar-refractivity contribution < 1.29 is 29.0 Å². The van der Waals surface area contributed by atoms with E-state index in [1.807, 2.05) is 6.07 Å². The third-order valence-corrected chi connectivity index (χ3v) is 6.67. The van der Waals surface area contributed by atoms with Crippen LogP contribution in [-0.2, 0) is 28.9 Å². The van der Waals surface area contributed by atoms with Gasteiger partial charge in [-0.1, -0.05) is 0 Å². The number of nitrogens with one attached hydrogen (secondary N) is 2. The molecule has 1 aliphatic carbocycles. The van der Waals surface area contributed by atoms with Crippen molar-refractivity contribution in [2.24, 2.45) is 0 Å². The number of aromatic amines is 1. The summed E-state index contributed by atoms with van der Waals surface area (Å²) >= 11 is 0. The molecule has 4 N–H and O–H groups in total. The summed E-state index contributed by atoms with van der Waals surface area (Å²) in [5.41, 5.74) is 3.21. The van der Waals surface area contributed by atoms with Gasteiger partial charge in [0.05, 0.1) is 0 Å². The molecule has 0 bridgehead atoms. The Labute approximate surface area is 205 Å². The molecule has 0 radical (unpaired) electrons. The molecule has 2 heterocycles. The number of ether oxygens (including phenoxy) is 1. The molecule has 4 aromatic rings. The Morgan fingerprint density at radius 3 is 2.67 bits per heavy atom. The molecule has 36 heavy (non-hydrogen) atoms. The highest BCUT2D eigenvalue weighted by atomic mass is 16.5. The molecule has 0 aliphatic heterocycles. The number of hydrogen-bond donors (Lipinski definition) is 4. The van der Waals surface area contributed by atoms with Crippen molar-refractivity contribution in [2.75, 3.05) is 0 Å². The zero-order valence-electron chi connectivity index (χ0n) is 19.7. The van der Waals surface area contributed by atoms with E-state index in [0.29, 0.717) is 28.7 Å². The van der Waals surface area contributed by atoms with Crippen molar-refractivity contribution in [3.05, 3.63) is 69.7 Å². The molecule has 0 unspecified atom stereocenters. The van der Waals surface area contributed by atoms with Crippen LogP contribution in [0.5, 0.6) is 11.5 Å². The normalized spacial score (nSPS) is 14.8. The fraction of sp³-hybridized carbons (Fsp3) is 0.296. The predicted octanol–water partition coefficient (Wildman–Crippen LogP) is 3.44. The average Bonchev–Trinajstić information content (AvgIpc) is 3.25. The monoisotopic (exact) mass is 490 g/mol. The van der Waals surface area contributed by atoms with E-state index in [9.17, 15) is 24.6 Å². The molecule has 2 aromatic heterocycles. The van der Waals surface area contributed by atoms with Gasteiger partial charge in [-0.3, -0.25) is 4.79 Å². The second-order valence-electron chi connectivity index (χ2n) is 9.12. The zero-order valence-corrected chi connectivity index (χ0v) is 19.7. The van der Waals surface area contributed by atoms with Gasteiger partial charge in [0.1, 0.15) is 23.1 Å². The minimum absolute atomic E-state index is 0.0173. The number of carboxylic acids is 1. The quantitative estimate of drug-likeness (QED) is 0.291. The molecule has 0 saturated heterocycles. The summed E-state index contributed by atoms with van der Waals surface area (Å²) in [5.74, 6) is -1.39. The van der Waals surface area contributed by atoms with E-state index >= 15 is 0 Å². The number of benzene rings is 2. The molecule has 0 saturated carbocycles. The maximum atomic E-state index is 12.8. The van der Waals surface area contributed by atoms with Gasteiger partial charge in [0.25, 0.3) is 5.91 Å². The van der Waals surface area contributed by atoms with E-state index < -0.39 is 24.0 Å². The van der Waals surface area contributed by atoms with Gasteiger partial charge in [0.2, 0.25) is 0 Å². The van der Waals surface area contributed by atoms with Gasteiger partial charge in [-0.2, -0.15) is 0 Å². The number of aliphatic carboxylic acids is 1. The van der Waals surface area contributed by atoms with E-state index in [4.69, 9.17) is 9.15 Å². The smallest absolute Gasteiger partial charge is 0.339 e. The van der Waals surface area contributed by atoms with Crippen LogP contribution < -0.4 is 15.7 Å². The third-order valence-electron chi connectivity index (χ3n) is 6.67. The highest BCUT2D eigenvalue weighted by Crippen LogP contribution is 2.29. The zero-order chi connectivity index (χ0) is 25.4. The topological polar surface area (TPSA) is 142 Å². The highest BCUT2D eigenvalue weighted by molar-refractivity contribution is 5.89. The minimum Gasteiger partial charge on any atom is -0.508 e. The summed E-state index contributed by atoms with van der Waals surface area (Å²) in [6.45, 7) is 1.52. The number of carboxylic acid groups (broad SMARTS) is 1. The number of aryl methyl sites for hydroxylation is 1. The lowest BCUT2D eigenvalue weighted by molar-refractivity contribution is -0.142. The van der Waals surface area contributed by atoms with Crippen molar-refractivity contribution in [1.29, 1.82) is 0 Å². The lowest BCUT2D eigenvalue weighted by Gasteiger charge is -2.20. The predicted molar refractivity (Wildman–Crippen MR) is 132 cm³/mol. The van der Waals surface area contributed by atoms with Gasteiger partial charge >= 0.3 is 11.6 Å². The lowest BCUT2D eigenvalue weighted by Crippen LogP contribution is -2.47. The fourth-order valence-electron chi connectivity index (χ4n) is 4.80. The molecule has 9 nitrogen and oxygen atoms in total. The first kappa shape index (κ1) is 23.5. The largest absolute Gasteiger partial charge is 0.508 e. The van der Waals surface area contributed by atoms with E-state index in [0.717, 1.165) is 41.3 Å². The second kappa shape index (κ2) is 9.41. The van der Waals surface area contributed by atoms with Crippen molar-refractivity contribution in [1.82, 2.24) is 10.3 Å². The number of fused-ring (bicyclic) bond motifs is 4. The lowest BCUT2D eigenvalue weighted by atomic mass is 9.91. The number of aromatic nitrogens is 1. The van der Waals surface area contributed by atoms with Crippen molar-refractivity contribution in [3.63, 3.8) is 0 Å². The molecule has 2 atom stereocenters. The van der Waals surface area contributed by atoms with Gasteiger partial charge in [-0.05, 0) is 74.1 Å². The standard InChI is InChI=1S/C27H26N2O7/c1-14(35-17-7-8-19-18-4-2-3-5-20(18)27(34)36-24(19)12-17)25(31)29-23(26(32)33)10-15-13-28-22-9-6-16(30)11-21(15)22/h6-9,11-14,23,28,30H,2-5,10H2,1H3,(H,29,31)(H,32,33)/t14-,23-/m1/s1. The van der Waals surface area contributed by atoms with E-state index in [2.05, 4.69) is 10.3 Å². The first-order chi connectivity index (χ1) is 17.3. The fourth-order valence-corrected chi connectivity index (χ4v) is 4.80. The third kappa shape index (κ3) is 4.51. The van der Waals surface area contributed by atoms with Gasteiger partial charge in [0, 0.05) is 40.5 Å². The number of phenols is 1. The number of aromatic hydroxyl groups is 1. The Balaban J connectivity index is 1.31. The molecule has 0 fully saturated rings. The van der Waals surface area contributed by atoms with E-state index in [1.165, 1.54) is 13.0 Å². The van der Waals surface area contributed by atoms with Crippen LogP contribution in [0.1, 0.15) is 36.5 Å². The number of phenolic OH excluding ortho intramolecular Hbond substituents is 1. The van der Waals surface area contributed by atoms with Crippen molar-refractivity contribution >= 4 is 33.7 Å². The number of amides is 1. The number of carbonyl (C=O) groups is 2. The molecule has 5 rings (SSSR count). The first-order valence-electron chi connectivity index (χ1n) is 11.9. The van der Waals surface area contributed by atoms with Crippen LogP contribution in [0.25, 0.3) is 21.9 Å². The molecule has 186 valence electrons. The summed E-state index contributed by atoms with van der Waals surface area (Å²) in [6, 6.07) is 8.70. The van der Waals surface area contributed by atoms with Crippen molar-refractivity contribution in [2.45, 2.75) is 51.2 Å². The molecule has 9 heteroatoms. The number of H-pyrrole nitrogens is 1. The van der Waals surface area contributed by atoms with E-state index in [1.54, 1.807) is 30.5 Å². The van der Waals surface area contributed by atoms with Crippen LogP contribution in [0.3, 0.4) is 0 Å². The molecule has 2 aromatic carbocycles. The maximum Gasteiger partial charge on any atom is 0.339 e. The molecular formula is C27H26N2O7.